The van der Waals surface area contributed by atoms with Gasteiger partial charge in [0.15, 0.2) is 0 Å². The average molecular weight is 1080 g/mol. The molecule has 2 N–H and O–H groups in total. The molecule has 0 fully saturated rings. The van der Waals surface area contributed by atoms with Crippen LogP contribution in [-0.4, -0.2) is 74.3 Å². The van der Waals surface area contributed by atoms with Crippen molar-refractivity contribution in [1.82, 2.24) is 5.32 Å². The van der Waals surface area contributed by atoms with E-state index < -0.39 is 20.0 Å². The molecule has 0 rings (SSSR count). The Bertz CT molecular complexity index is 1720. The van der Waals surface area contributed by atoms with Gasteiger partial charge >= 0.3 is 13.8 Å². The summed E-state index contributed by atoms with van der Waals surface area (Å²) in [7, 11) is 1.44. The van der Waals surface area contributed by atoms with Gasteiger partial charge in [0.2, 0.25) is 5.91 Å². The van der Waals surface area contributed by atoms with Gasteiger partial charge < -0.3 is 19.4 Å². The zero-order chi connectivity index (χ0) is 55.7. The minimum Gasteiger partial charge on any atom is -0.456 e. The monoisotopic (exact) mass is 1080 g/mol. The van der Waals surface area contributed by atoms with Gasteiger partial charge in [-0.3, -0.25) is 18.6 Å². The topological polar surface area (TPSA) is 111 Å². The highest BCUT2D eigenvalue weighted by atomic mass is 31.2. The van der Waals surface area contributed by atoms with Gasteiger partial charge in [-0.2, -0.15) is 0 Å². The van der Waals surface area contributed by atoms with E-state index in [2.05, 4.69) is 135 Å². The minimum absolute atomic E-state index is 0.0237. The molecule has 0 radical (unpaired) electrons. The summed E-state index contributed by atoms with van der Waals surface area (Å²) in [5.74, 6) is -0.572. The third-order valence-electron chi connectivity index (χ3n) is 12.6. The Morgan fingerprint density at radius 2 is 0.842 bits per heavy atom. The fourth-order valence-corrected chi connectivity index (χ4v) is 8.75. The number of carbonyl (C=O) groups is 2. The molecule has 76 heavy (non-hydrogen) atoms. The van der Waals surface area contributed by atoms with E-state index in [4.69, 9.17) is 13.8 Å². The molecule has 0 spiro atoms. The predicted molar refractivity (Wildman–Crippen MR) is 327 cm³/mol. The van der Waals surface area contributed by atoms with Crippen LogP contribution in [0.1, 0.15) is 233 Å². The lowest BCUT2D eigenvalue weighted by atomic mass is 10.0. The molecule has 0 bridgehead atoms. The van der Waals surface area contributed by atoms with Crippen LogP contribution in [0.3, 0.4) is 0 Å². The number of allylic oxidation sites excluding steroid dienone is 19. The van der Waals surface area contributed by atoms with Gasteiger partial charge in [-0.05, 0) is 115 Å². The molecule has 0 saturated heterocycles. The second kappa shape index (κ2) is 54.8. The molecule has 0 saturated carbocycles. The van der Waals surface area contributed by atoms with Crippen molar-refractivity contribution in [2.24, 2.45) is 0 Å². The van der Waals surface area contributed by atoms with E-state index in [1.54, 1.807) is 0 Å². The van der Waals surface area contributed by atoms with E-state index in [-0.39, 0.29) is 37.9 Å². The van der Waals surface area contributed by atoms with Crippen molar-refractivity contribution < 1.29 is 37.3 Å². The Hall–Kier alpha value is -3.59. The first-order valence-corrected chi connectivity index (χ1v) is 31.9. The molecule has 3 unspecified atom stereocenters. The number of quaternary nitrogens is 1. The number of amides is 1. The maximum atomic E-state index is 13.5. The van der Waals surface area contributed by atoms with Crippen molar-refractivity contribution >= 4 is 19.7 Å². The molecule has 10 heteroatoms. The van der Waals surface area contributed by atoms with Crippen molar-refractivity contribution in [2.75, 3.05) is 40.9 Å². The summed E-state index contributed by atoms with van der Waals surface area (Å²) in [5, 5.41) is 3.03. The Kier molecular flexibility index (Phi) is 52.2. The number of likely N-dealkylation sites (N-methyl/N-ethyl adjacent to an activating group) is 1. The molecule has 0 heterocycles. The second-order valence-corrected chi connectivity index (χ2v) is 22.6. The zero-order valence-corrected chi connectivity index (χ0v) is 50.3. The maximum absolute atomic E-state index is 13.5. The molecule has 0 aromatic rings. The number of carbonyl (C=O) groups excluding carboxylic acids is 2. The van der Waals surface area contributed by atoms with E-state index in [9.17, 15) is 19.0 Å². The van der Waals surface area contributed by atoms with E-state index in [1.807, 2.05) is 33.3 Å². The highest BCUT2D eigenvalue weighted by Gasteiger charge is 2.30. The van der Waals surface area contributed by atoms with Crippen LogP contribution >= 0.6 is 7.82 Å². The van der Waals surface area contributed by atoms with Crippen LogP contribution in [0.15, 0.2) is 122 Å². The molecule has 1 amide bonds. The summed E-state index contributed by atoms with van der Waals surface area (Å²) in [5.41, 5.74) is 0. The Labute approximate surface area is 467 Å². The highest BCUT2D eigenvalue weighted by Crippen LogP contribution is 2.43. The number of nitrogens with zero attached hydrogens (tertiary/aromatic N) is 1. The number of phosphoric acid groups is 1. The lowest BCUT2D eigenvalue weighted by Crippen LogP contribution is -2.47. The standard InChI is InChI=1S/C66H113N2O7P/c1-7-10-13-16-19-22-25-28-30-32-33-34-35-36-38-41-44-47-50-53-56-59-66(70)75-64(57-54-51-48-45-42-39-27-24-21-18-15-12-9-3)63(62-74-76(71,72)73-61-60-68(4,5)6)67-65(69)58-55-52-49-46-43-40-37-31-29-26-23-20-17-14-11-8-2/h10-11,13-14,19-20,22-23,28-31,33-34,36,38,40,43,54,57,63-64H,7-9,12,15-18,21,24-27,32,35,37,39,41-42,44-53,55-56,58-62H2,1-6H3,(H-,67,69,71,72)/p+1/b13-10-,14-11+,22-19-,23-20+,30-28-,31-29+,34-33-,38-36-,43-40+,57-54+. The number of nitrogens with one attached hydrogen (secondary N) is 1. The Morgan fingerprint density at radius 3 is 1.28 bits per heavy atom. The second-order valence-electron chi connectivity index (χ2n) is 21.1. The van der Waals surface area contributed by atoms with Gasteiger partial charge in [0.05, 0.1) is 33.8 Å². The zero-order valence-electron chi connectivity index (χ0n) is 49.4. The normalized spacial score (nSPS) is 14.6. The molecular weight excluding hydrogens is 964 g/mol. The number of hydrogen-bond acceptors (Lipinski definition) is 6. The van der Waals surface area contributed by atoms with Gasteiger partial charge in [0, 0.05) is 12.8 Å². The number of ether oxygens (including phenoxy) is 1. The lowest BCUT2D eigenvalue weighted by Gasteiger charge is -2.27. The van der Waals surface area contributed by atoms with Gasteiger partial charge in [-0.1, -0.05) is 226 Å². The van der Waals surface area contributed by atoms with Crippen molar-refractivity contribution in [3.8, 4) is 0 Å². The molecular formula is C66H114N2O7P+. The quantitative estimate of drug-likeness (QED) is 0.0205. The summed E-state index contributed by atoms with van der Waals surface area (Å²) in [6.07, 6.45) is 76.2. The highest BCUT2D eigenvalue weighted by molar-refractivity contribution is 7.47. The molecule has 434 valence electrons. The van der Waals surface area contributed by atoms with Crippen LogP contribution in [-0.2, 0) is 27.9 Å². The van der Waals surface area contributed by atoms with E-state index in [1.165, 1.54) is 57.8 Å². The maximum Gasteiger partial charge on any atom is 0.472 e. The van der Waals surface area contributed by atoms with Gasteiger partial charge in [0.25, 0.3) is 0 Å². The third-order valence-corrected chi connectivity index (χ3v) is 13.6. The summed E-state index contributed by atoms with van der Waals surface area (Å²) in [6, 6.07) is -0.882. The van der Waals surface area contributed by atoms with Gasteiger partial charge in [-0.15, -0.1) is 0 Å². The summed E-state index contributed by atoms with van der Waals surface area (Å²) in [6.45, 7) is 6.73. The molecule has 0 aromatic carbocycles. The van der Waals surface area contributed by atoms with Crippen LogP contribution in [0.5, 0.6) is 0 Å². The van der Waals surface area contributed by atoms with E-state index in [0.717, 1.165) is 128 Å². The van der Waals surface area contributed by atoms with Gasteiger partial charge in [-0.25, -0.2) is 4.57 Å². The number of hydrogen-bond donors (Lipinski definition) is 2. The smallest absolute Gasteiger partial charge is 0.456 e. The van der Waals surface area contributed by atoms with Crippen molar-refractivity contribution in [3.05, 3.63) is 122 Å². The molecule has 0 aromatic heterocycles. The van der Waals surface area contributed by atoms with Crippen LogP contribution in [0.4, 0.5) is 0 Å². The minimum atomic E-state index is -4.47. The molecule has 9 nitrogen and oxygen atoms in total. The Morgan fingerprint density at radius 1 is 0.474 bits per heavy atom. The molecule has 3 atom stereocenters. The molecule has 0 aliphatic rings. The van der Waals surface area contributed by atoms with Crippen LogP contribution < -0.4 is 5.32 Å². The Balaban J connectivity index is 5.40. The fraction of sp³-hybridized carbons (Fsp3) is 0.667. The van der Waals surface area contributed by atoms with Crippen LogP contribution in [0.25, 0.3) is 0 Å². The number of unbranched alkanes of at least 4 members (excludes halogenated alkanes) is 19. The van der Waals surface area contributed by atoms with Crippen molar-refractivity contribution in [3.63, 3.8) is 0 Å². The first-order valence-electron chi connectivity index (χ1n) is 30.4. The van der Waals surface area contributed by atoms with E-state index >= 15 is 0 Å². The number of rotatable bonds is 53. The molecule has 0 aliphatic carbocycles. The predicted octanol–water partition coefficient (Wildman–Crippen LogP) is 18.7. The van der Waals surface area contributed by atoms with Crippen molar-refractivity contribution in [1.29, 1.82) is 0 Å². The fourth-order valence-electron chi connectivity index (χ4n) is 8.01. The number of esters is 1. The molecule has 0 aliphatic heterocycles. The van der Waals surface area contributed by atoms with Crippen molar-refractivity contribution in [2.45, 2.75) is 245 Å². The van der Waals surface area contributed by atoms with E-state index in [0.29, 0.717) is 23.9 Å². The number of phosphoric ester groups is 1. The third kappa shape index (κ3) is 55.2. The average Bonchev–Trinajstić information content (AvgIpc) is 3.38. The SMILES string of the molecule is CC/C=C\C/C=C\C/C=C\C/C=C\C/C=C\CCCCCCCC(=O)OC(/C=C/CCCCCCCCCCCCC)C(COP(=O)(O)OCC[N+](C)(C)C)NC(=O)CCCCC/C=C/C/C=C/C/C=C/C/C=C/CC. The lowest BCUT2D eigenvalue weighted by molar-refractivity contribution is -0.870. The summed E-state index contributed by atoms with van der Waals surface area (Å²) < 4.78 is 30.6. The summed E-state index contributed by atoms with van der Waals surface area (Å²) in [4.78, 5) is 37.7. The summed E-state index contributed by atoms with van der Waals surface area (Å²) >= 11 is 0. The van der Waals surface area contributed by atoms with Crippen LogP contribution in [0, 0.1) is 0 Å². The first-order chi connectivity index (χ1) is 36.9. The van der Waals surface area contributed by atoms with Crippen LogP contribution in [0.2, 0.25) is 0 Å². The largest absolute Gasteiger partial charge is 0.472 e. The van der Waals surface area contributed by atoms with Gasteiger partial charge in [0.1, 0.15) is 19.3 Å². The first kappa shape index (κ1) is 72.4.